The molecule has 14 heteroatoms. The van der Waals surface area contributed by atoms with Crippen LogP contribution in [0.4, 0.5) is 9.18 Å². The molecule has 1 N–H and O–H groups in total. The number of likely N-dealkylation sites (tertiary alicyclic amines) is 1. The Bertz CT molecular complexity index is 1690. The molecule has 0 bridgehead atoms. The van der Waals surface area contributed by atoms with Gasteiger partial charge >= 0.3 is 6.09 Å². The normalized spacial score (nSPS) is 18.8. The van der Waals surface area contributed by atoms with Crippen molar-refractivity contribution in [2.24, 2.45) is 0 Å². The third-order valence-corrected chi connectivity index (χ3v) is 10.6. The van der Waals surface area contributed by atoms with E-state index in [2.05, 4.69) is 5.32 Å². The summed E-state index contributed by atoms with van der Waals surface area (Å²) in [7, 11) is -7.56. The zero-order valence-corrected chi connectivity index (χ0v) is 28.3. The lowest BCUT2D eigenvalue weighted by atomic mass is 9.89. The van der Waals surface area contributed by atoms with E-state index in [1.54, 1.807) is 62.1 Å². The largest absolute Gasteiger partial charge is 0.444 e. The van der Waals surface area contributed by atoms with Crippen LogP contribution < -0.4 is 5.32 Å². The van der Waals surface area contributed by atoms with Gasteiger partial charge in [-0.25, -0.2) is 26.0 Å². The number of piperidine rings is 1. The molecular weight excluding hydrogens is 645 g/mol. The van der Waals surface area contributed by atoms with Crippen LogP contribution in [0.3, 0.4) is 0 Å². The molecule has 2 aliphatic heterocycles. The van der Waals surface area contributed by atoms with E-state index in [1.807, 2.05) is 0 Å². The highest BCUT2D eigenvalue weighted by molar-refractivity contribution is 7.93. The van der Waals surface area contributed by atoms with Gasteiger partial charge in [0, 0.05) is 78.8 Å². The Hall–Kier alpha value is -3.00. The summed E-state index contributed by atoms with van der Waals surface area (Å²) in [5, 5.41) is 3.74. The third-order valence-electron chi connectivity index (χ3n) is 7.69. The lowest BCUT2D eigenvalue weighted by molar-refractivity contribution is -0.135. The van der Waals surface area contributed by atoms with Gasteiger partial charge in [0.2, 0.25) is 10.0 Å². The van der Waals surface area contributed by atoms with Gasteiger partial charge in [0.05, 0.1) is 4.90 Å². The van der Waals surface area contributed by atoms with E-state index in [9.17, 15) is 26.4 Å². The molecule has 2 saturated heterocycles. The second-order valence-corrected chi connectivity index (χ2v) is 16.9. The molecule has 0 aliphatic carbocycles. The standard InChI is InChI=1S/C31H39ClFN3O7S2/c1-21(12-17-44(5,39)40)34-28(37)31(33)13-15-36(16-14-31)45(41,42)27-11-10-22(18-25(27)24-8-6-7-9-26(24)32)23-19-35(20-23)29(38)43-30(2,3)4/h6-12,17-18,21,23H,13-16,19-20H2,1-5H3,(H,34,37)/b17-12-/t21-/m1/s1. The van der Waals surface area contributed by atoms with Gasteiger partial charge < -0.3 is 15.0 Å². The van der Waals surface area contributed by atoms with Crippen molar-refractivity contribution < 1.29 is 35.6 Å². The van der Waals surface area contributed by atoms with Crippen LogP contribution in [-0.4, -0.2) is 87.8 Å². The van der Waals surface area contributed by atoms with E-state index < -0.39 is 49.2 Å². The first-order valence-corrected chi connectivity index (χ1v) is 18.3. The number of carbonyl (C=O) groups excluding carboxylic acids is 2. The molecule has 2 heterocycles. The Balaban J connectivity index is 1.54. The predicted molar refractivity (Wildman–Crippen MR) is 171 cm³/mol. The van der Waals surface area contributed by atoms with Gasteiger partial charge in [-0.05, 0) is 51.5 Å². The van der Waals surface area contributed by atoms with Crippen LogP contribution in [0.2, 0.25) is 5.02 Å². The Morgan fingerprint density at radius 2 is 1.69 bits per heavy atom. The number of halogens is 2. The summed E-state index contributed by atoms with van der Waals surface area (Å²) >= 11 is 6.52. The molecule has 45 heavy (non-hydrogen) atoms. The number of ether oxygens (including phenoxy) is 1. The van der Waals surface area contributed by atoms with Gasteiger partial charge in [-0.3, -0.25) is 4.79 Å². The van der Waals surface area contributed by atoms with Crippen molar-refractivity contribution >= 4 is 43.5 Å². The van der Waals surface area contributed by atoms with E-state index >= 15 is 4.39 Å². The van der Waals surface area contributed by atoms with Crippen LogP contribution in [0.5, 0.6) is 0 Å². The average Bonchev–Trinajstić information content (AvgIpc) is 2.90. The first kappa shape index (κ1) is 34.9. The number of sulfonamides is 1. The van der Waals surface area contributed by atoms with Gasteiger partial charge in [-0.1, -0.05) is 41.9 Å². The van der Waals surface area contributed by atoms with Crippen molar-refractivity contribution in [3.63, 3.8) is 0 Å². The van der Waals surface area contributed by atoms with Crippen molar-refractivity contribution in [3.8, 4) is 11.1 Å². The fraction of sp³-hybridized carbons (Fsp3) is 0.484. The van der Waals surface area contributed by atoms with Crippen molar-refractivity contribution in [2.45, 2.75) is 68.7 Å². The fourth-order valence-electron chi connectivity index (χ4n) is 5.17. The summed E-state index contributed by atoms with van der Waals surface area (Å²) in [5.41, 5.74) is -1.21. The first-order valence-electron chi connectivity index (χ1n) is 14.5. The van der Waals surface area contributed by atoms with Gasteiger partial charge in [0.25, 0.3) is 5.91 Å². The second kappa shape index (κ2) is 13.0. The van der Waals surface area contributed by atoms with Crippen molar-refractivity contribution in [1.29, 1.82) is 0 Å². The van der Waals surface area contributed by atoms with Crippen LogP contribution in [0.15, 0.2) is 58.8 Å². The molecule has 0 saturated carbocycles. The fourth-order valence-corrected chi connectivity index (χ4v) is 7.56. The number of nitrogens with one attached hydrogen (secondary N) is 1. The number of rotatable bonds is 8. The lowest BCUT2D eigenvalue weighted by Gasteiger charge is -2.40. The first-order chi connectivity index (χ1) is 20.8. The number of alkyl halides is 1. The predicted octanol–water partition coefficient (Wildman–Crippen LogP) is 4.90. The second-order valence-electron chi connectivity index (χ2n) is 12.6. The topological polar surface area (TPSA) is 130 Å². The molecule has 10 nitrogen and oxygen atoms in total. The van der Waals surface area contributed by atoms with Gasteiger partial charge in [0.1, 0.15) is 5.60 Å². The quantitative estimate of drug-likeness (QED) is 0.419. The highest BCUT2D eigenvalue weighted by Gasteiger charge is 2.45. The van der Waals surface area contributed by atoms with Crippen LogP contribution in [-0.2, 0) is 29.4 Å². The van der Waals surface area contributed by atoms with Gasteiger partial charge in [-0.2, -0.15) is 4.31 Å². The zero-order chi connectivity index (χ0) is 33.4. The Kier molecular flexibility index (Phi) is 10.1. The summed E-state index contributed by atoms with van der Waals surface area (Å²) in [6, 6.07) is 11.1. The molecule has 0 unspecified atom stereocenters. The van der Waals surface area contributed by atoms with Crippen LogP contribution in [0, 0.1) is 0 Å². The van der Waals surface area contributed by atoms with Crippen LogP contribution >= 0.6 is 11.6 Å². The minimum absolute atomic E-state index is 0.00184. The third kappa shape index (κ3) is 8.43. The molecule has 246 valence electrons. The van der Waals surface area contributed by atoms with E-state index in [1.165, 1.54) is 19.1 Å². The van der Waals surface area contributed by atoms with E-state index in [-0.39, 0.29) is 36.7 Å². The summed E-state index contributed by atoms with van der Waals surface area (Å²) in [5.74, 6) is -0.960. The molecule has 1 atom stereocenters. The number of benzene rings is 2. The molecule has 2 aromatic rings. The molecule has 0 aromatic heterocycles. The summed E-state index contributed by atoms with van der Waals surface area (Å²) in [6.07, 6.45) is 1.09. The monoisotopic (exact) mass is 683 g/mol. The summed E-state index contributed by atoms with van der Waals surface area (Å²) in [4.78, 5) is 26.8. The maximum atomic E-state index is 15.7. The lowest BCUT2D eigenvalue weighted by Crippen LogP contribution is -2.53. The molecule has 0 radical (unpaired) electrons. The van der Waals surface area contributed by atoms with Gasteiger partial charge in [-0.15, -0.1) is 0 Å². The van der Waals surface area contributed by atoms with E-state index in [0.717, 1.165) is 21.5 Å². The number of carbonyl (C=O) groups is 2. The molecule has 2 aliphatic rings. The van der Waals surface area contributed by atoms with E-state index in [4.69, 9.17) is 16.3 Å². The SMILES string of the molecule is C[C@H](/C=C\S(C)(=O)=O)NC(=O)C1(F)CCN(S(=O)(=O)c2ccc(C3CN(C(=O)OC(C)(C)C)C3)cc2-c2ccccc2Cl)CC1. The number of nitrogens with zero attached hydrogens (tertiary/aromatic N) is 2. The highest BCUT2D eigenvalue weighted by Crippen LogP contribution is 2.39. The van der Waals surface area contributed by atoms with Crippen molar-refractivity contribution in [1.82, 2.24) is 14.5 Å². The van der Waals surface area contributed by atoms with Crippen molar-refractivity contribution in [2.75, 3.05) is 32.4 Å². The Morgan fingerprint density at radius 3 is 2.27 bits per heavy atom. The number of hydrogen-bond acceptors (Lipinski definition) is 7. The molecule has 4 rings (SSSR count). The summed E-state index contributed by atoms with van der Waals surface area (Å²) in [6.45, 7) is 7.26. The van der Waals surface area contributed by atoms with Crippen LogP contribution in [0.1, 0.15) is 52.0 Å². The molecular formula is C31H39ClFN3O7S2. The maximum Gasteiger partial charge on any atom is 0.410 e. The van der Waals surface area contributed by atoms with Crippen LogP contribution in [0.25, 0.3) is 11.1 Å². The minimum atomic E-state index is -4.14. The minimum Gasteiger partial charge on any atom is -0.444 e. The number of amides is 2. The zero-order valence-electron chi connectivity index (χ0n) is 25.9. The molecule has 2 fully saturated rings. The molecule has 2 aromatic carbocycles. The Labute approximate surface area is 269 Å². The van der Waals surface area contributed by atoms with Crippen molar-refractivity contribution in [3.05, 3.63) is 64.5 Å². The van der Waals surface area contributed by atoms with Gasteiger partial charge in [0.15, 0.2) is 15.5 Å². The Morgan fingerprint density at radius 1 is 1.07 bits per heavy atom. The summed E-state index contributed by atoms with van der Waals surface area (Å²) < 4.78 is 73.0. The maximum absolute atomic E-state index is 15.7. The number of sulfone groups is 1. The number of hydrogen-bond donors (Lipinski definition) is 1. The molecule has 2 amide bonds. The average molecular weight is 684 g/mol. The molecule has 0 spiro atoms. The van der Waals surface area contributed by atoms with E-state index in [0.29, 0.717) is 29.2 Å². The smallest absolute Gasteiger partial charge is 0.410 e. The highest BCUT2D eigenvalue weighted by atomic mass is 35.5.